The molecule has 6 nitrogen and oxygen atoms in total. The molecule has 0 atom stereocenters. The lowest BCUT2D eigenvalue weighted by molar-refractivity contribution is -0.124. The van der Waals surface area contributed by atoms with Crippen LogP contribution < -0.4 is 0 Å². The molecule has 0 radical (unpaired) electrons. The van der Waals surface area contributed by atoms with Crippen LogP contribution >= 0.6 is 0 Å². The molecule has 1 N–H and O–H groups in total. The number of allylic oxidation sites excluding steroid dienone is 3. The van der Waals surface area contributed by atoms with Crippen molar-refractivity contribution in [2.24, 2.45) is 0 Å². The van der Waals surface area contributed by atoms with Gasteiger partial charge in [0.25, 0.3) is 5.91 Å². The van der Waals surface area contributed by atoms with Gasteiger partial charge in [-0.1, -0.05) is 18.2 Å². The van der Waals surface area contributed by atoms with E-state index in [0.717, 1.165) is 5.69 Å². The molecule has 1 aromatic rings. The van der Waals surface area contributed by atoms with Gasteiger partial charge in [0.05, 0.1) is 6.61 Å². The summed E-state index contributed by atoms with van der Waals surface area (Å²) in [6.45, 7) is 4.77. The Labute approximate surface area is 147 Å². The van der Waals surface area contributed by atoms with Crippen molar-refractivity contribution in [2.45, 2.75) is 13.5 Å². The van der Waals surface area contributed by atoms with Gasteiger partial charge in [-0.05, 0) is 30.2 Å². The van der Waals surface area contributed by atoms with E-state index >= 15 is 0 Å². The summed E-state index contributed by atoms with van der Waals surface area (Å²) < 4.78 is 5.06. The van der Waals surface area contributed by atoms with Gasteiger partial charge in [-0.15, -0.1) is 0 Å². The number of aromatic nitrogens is 1. The van der Waals surface area contributed by atoms with Crippen LogP contribution in [0.4, 0.5) is 0 Å². The van der Waals surface area contributed by atoms with Crippen LogP contribution in [-0.2, 0) is 16.1 Å². The zero-order valence-corrected chi connectivity index (χ0v) is 14.6. The highest BCUT2D eigenvalue weighted by atomic mass is 16.5. The molecule has 3 heterocycles. The molecule has 0 unspecified atom stereocenters. The molecule has 3 rings (SSSR count). The van der Waals surface area contributed by atoms with E-state index in [1.807, 2.05) is 34.9 Å². The second-order valence-corrected chi connectivity index (χ2v) is 6.28. The monoisotopic (exact) mass is 341 g/mol. The summed E-state index contributed by atoms with van der Waals surface area (Å²) >= 11 is 0. The SMILES string of the molecule is C/C=C/C=C/C(=O)N1CC2=C(C1)CN(C(=O)c1ccc(COC)[nH]1)C2. The Morgan fingerprint density at radius 3 is 2.44 bits per heavy atom. The van der Waals surface area contributed by atoms with Crippen molar-refractivity contribution in [3.63, 3.8) is 0 Å². The topological polar surface area (TPSA) is 65.6 Å². The van der Waals surface area contributed by atoms with Gasteiger partial charge in [-0.3, -0.25) is 9.59 Å². The predicted molar refractivity (Wildman–Crippen MR) is 95.0 cm³/mol. The molecule has 0 saturated carbocycles. The molecular weight excluding hydrogens is 318 g/mol. The number of hydrogen-bond acceptors (Lipinski definition) is 3. The lowest BCUT2D eigenvalue weighted by Gasteiger charge is -2.22. The average Bonchev–Trinajstić information content (AvgIpc) is 3.28. The average molecular weight is 341 g/mol. The fourth-order valence-corrected chi connectivity index (χ4v) is 3.21. The van der Waals surface area contributed by atoms with E-state index in [2.05, 4.69) is 4.98 Å². The van der Waals surface area contributed by atoms with Crippen LogP contribution in [0.2, 0.25) is 0 Å². The van der Waals surface area contributed by atoms with E-state index in [9.17, 15) is 9.59 Å². The number of nitrogens with zero attached hydrogens (tertiary/aromatic N) is 2. The van der Waals surface area contributed by atoms with Gasteiger partial charge in [-0.2, -0.15) is 0 Å². The number of H-pyrrole nitrogens is 1. The third-order valence-corrected chi connectivity index (χ3v) is 4.44. The molecule has 0 saturated heterocycles. The highest BCUT2D eigenvalue weighted by Gasteiger charge is 2.34. The number of carbonyl (C=O) groups is 2. The Kier molecular flexibility index (Phi) is 5.19. The van der Waals surface area contributed by atoms with Gasteiger partial charge in [0.15, 0.2) is 0 Å². The van der Waals surface area contributed by atoms with Gasteiger partial charge in [-0.25, -0.2) is 0 Å². The molecule has 2 aliphatic rings. The molecule has 6 heteroatoms. The van der Waals surface area contributed by atoms with Gasteiger partial charge >= 0.3 is 0 Å². The summed E-state index contributed by atoms with van der Waals surface area (Å²) in [7, 11) is 1.62. The van der Waals surface area contributed by atoms with Crippen molar-refractivity contribution in [3.05, 3.63) is 59.0 Å². The van der Waals surface area contributed by atoms with Crippen molar-refractivity contribution in [1.29, 1.82) is 0 Å². The quantitative estimate of drug-likeness (QED) is 0.505. The van der Waals surface area contributed by atoms with Gasteiger partial charge in [0, 0.05) is 45.1 Å². The standard InChI is InChI=1S/C19H23N3O3/c1-3-4-5-6-18(23)21-9-14-11-22(12-15(14)10-21)19(24)17-8-7-16(20-17)13-25-2/h3-8,20H,9-13H2,1-2H3/b4-3+,6-5+. The van der Waals surface area contributed by atoms with Gasteiger partial charge in [0.1, 0.15) is 5.69 Å². The van der Waals surface area contributed by atoms with Crippen molar-refractivity contribution in [2.75, 3.05) is 33.3 Å². The largest absolute Gasteiger partial charge is 0.378 e. The minimum atomic E-state index is -0.0115. The highest BCUT2D eigenvalue weighted by molar-refractivity contribution is 5.94. The van der Waals surface area contributed by atoms with Crippen LogP contribution in [0.15, 0.2) is 47.6 Å². The first-order valence-electron chi connectivity index (χ1n) is 8.36. The minimum absolute atomic E-state index is 0.0115. The van der Waals surface area contributed by atoms with Crippen molar-refractivity contribution >= 4 is 11.8 Å². The molecular formula is C19H23N3O3. The zero-order valence-electron chi connectivity index (χ0n) is 14.6. The van der Waals surface area contributed by atoms with Crippen LogP contribution in [0.25, 0.3) is 0 Å². The summed E-state index contributed by atoms with van der Waals surface area (Å²) in [5, 5.41) is 0. The summed E-state index contributed by atoms with van der Waals surface area (Å²) in [6.07, 6.45) is 7.06. The summed E-state index contributed by atoms with van der Waals surface area (Å²) in [6, 6.07) is 3.66. The maximum absolute atomic E-state index is 12.6. The molecule has 132 valence electrons. The molecule has 0 bridgehead atoms. The molecule has 0 spiro atoms. The Morgan fingerprint density at radius 1 is 1.12 bits per heavy atom. The molecule has 25 heavy (non-hydrogen) atoms. The molecule has 0 aliphatic carbocycles. The first kappa shape index (κ1) is 17.2. The number of methoxy groups -OCH3 is 1. The number of hydrogen-bond donors (Lipinski definition) is 1. The van der Waals surface area contributed by atoms with E-state index in [-0.39, 0.29) is 11.8 Å². The summed E-state index contributed by atoms with van der Waals surface area (Å²) in [4.78, 5) is 31.5. The Balaban J connectivity index is 1.56. The van der Waals surface area contributed by atoms with E-state index in [1.165, 1.54) is 11.1 Å². The van der Waals surface area contributed by atoms with Crippen LogP contribution in [0.1, 0.15) is 23.1 Å². The van der Waals surface area contributed by atoms with E-state index < -0.39 is 0 Å². The lowest BCUT2D eigenvalue weighted by Crippen LogP contribution is -2.36. The van der Waals surface area contributed by atoms with Crippen molar-refractivity contribution in [3.8, 4) is 0 Å². The summed E-state index contributed by atoms with van der Waals surface area (Å²) in [5.74, 6) is 0.00144. The minimum Gasteiger partial charge on any atom is -0.378 e. The number of rotatable bonds is 5. The van der Waals surface area contributed by atoms with E-state index in [4.69, 9.17) is 4.74 Å². The molecule has 1 aromatic heterocycles. The number of amides is 2. The van der Waals surface area contributed by atoms with Crippen molar-refractivity contribution in [1.82, 2.24) is 14.8 Å². The normalized spacial score (nSPS) is 17.4. The Hall–Kier alpha value is -2.60. The Morgan fingerprint density at radius 2 is 1.80 bits per heavy atom. The maximum atomic E-state index is 12.6. The second kappa shape index (κ2) is 7.53. The second-order valence-electron chi connectivity index (χ2n) is 6.28. The number of ether oxygens (including phenoxy) is 1. The van der Waals surface area contributed by atoms with Crippen LogP contribution in [0.3, 0.4) is 0 Å². The molecule has 0 fully saturated rings. The number of carbonyl (C=O) groups excluding carboxylic acids is 2. The number of nitrogens with one attached hydrogen (secondary N) is 1. The Bertz CT molecular complexity index is 740. The lowest BCUT2D eigenvalue weighted by atomic mass is 10.2. The van der Waals surface area contributed by atoms with Crippen LogP contribution in [0.5, 0.6) is 0 Å². The zero-order chi connectivity index (χ0) is 17.8. The molecule has 2 amide bonds. The third-order valence-electron chi connectivity index (χ3n) is 4.44. The predicted octanol–water partition coefficient (Wildman–Crippen LogP) is 1.89. The first-order chi connectivity index (χ1) is 12.1. The van der Waals surface area contributed by atoms with Crippen LogP contribution in [-0.4, -0.2) is 59.9 Å². The van der Waals surface area contributed by atoms with Gasteiger partial charge < -0.3 is 19.5 Å². The van der Waals surface area contributed by atoms with Crippen LogP contribution in [0, 0.1) is 0 Å². The fraction of sp³-hybridized carbons (Fsp3) is 0.368. The first-order valence-corrected chi connectivity index (χ1v) is 8.36. The smallest absolute Gasteiger partial charge is 0.270 e. The molecule has 2 aliphatic heterocycles. The molecule has 0 aromatic carbocycles. The van der Waals surface area contributed by atoms with Gasteiger partial charge in [0.2, 0.25) is 5.91 Å². The van der Waals surface area contributed by atoms with Crippen molar-refractivity contribution < 1.29 is 14.3 Å². The summed E-state index contributed by atoms with van der Waals surface area (Å²) in [5.41, 5.74) is 3.83. The van der Waals surface area contributed by atoms with E-state index in [1.54, 1.807) is 25.3 Å². The fourth-order valence-electron chi connectivity index (χ4n) is 3.21. The number of aromatic amines is 1. The highest BCUT2D eigenvalue weighted by Crippen LogP contribution is 2.26. The third kappa shape index (κ3) is 3.74. The van der Waals surface area contributed by atoms with E-state index in [0.29, 0.717) is 38.5 Å². The maximum Gasteiger partial charge on any atom is 0.270 e.